The van der Waals surface area contributed by atoms with Crippen molar-refractivity contribution in [3.63, 3.8) is 0 Å². The summed E-state index contributed by atoms with van der Waals surface area (Å²) >= 11 is 0. The predicted octanol–water partition coefficient (Wildman–Crippen LogP) is 0.0510. The number of hydrogen-bond acceptors (Lipinski definition) is 5. The van der Waals surface area contributed by atoms with E-state index in [0.29, 0.717) is 48.1 Å². The highest BCUT2D eigenvalue weighted by atomic mass is 16.7. The smallest absolute Gasteiger partial charge is 0.222 e. The fourth-order valence-electron chi connectivity index (χ4n) is 7.62. The van der Waals surface area contributed by atoms with Crippen LogP contribution in [0.25, 0.3) is 0 Å². The monoisotopic (exact) mass is 493 g/mol. The van der Waals surface area contributed by atoms with Gasteiger partial charge in [0.05, 0.1) is 31.8 Å². The molecule has 5 fully saturated rings. The summed E-state index contributed by atoms with van der Waals surface area (Å²) in [5, 5.41) is 4.98. The maximum absolute atomic E-state index is 13.3. The van der Waals surface area contributed by atoms with Gasteiger partial charge in [-0.25, -0.2) is 0 Å². The van der Waals surface area contributed by atoms with Crippen LogP contribution in [0.3, 0.4) is 0 Å². The molecule has 4 saturated heterocycles. The second-order valence-corrected chi connectivity index (χ2v) is 12.0. The molecule has 1 saturated carbocycles. The Morgan fingerprint density at radius 3 is 2.57 bits per heavy atom. The summed E-state index contributed by atoms with van der Waals surface area (Å²) in [5.41, 5.74) is 3.40. The van der Waals surface area contributed by atoms with E-state index < -0.39 is 0 Å². The van der Waals surface area contributed by atoms with Gasteiger partial charge in [-0.05, 0) is 63.2 Å². The molecule has 35 heavy (non-hydrogen) atoms. The first-order valence-electron chi connectivity index (χ1n) is 14.8. The molecule has 0 radical (unpaired) electrons. The zero-order valence-electron chi connectivity index (χ0n) is 22.0. The van der Waals surface area contributed by atoms with Crippen LogP contribution in [0.2, 0.25) is 0 Å². The van der Waals surface area contributed by atoms with Crippen LogP contribution in [-0.4, -0.2) is 93.0 Å². The Bertz CT molecular complexity index is 659. The van der Waals surface area contributed by atoms with E-state index in [1.807, 2.05) is 7.11 Å². The molecule has 4 heterocycles. The van der Waals surface area contributed by atoms with Gasteiger partial charge in [-0.3, -0.25) is 14.5 Å². The Kier molecular flexibility index (Phi) is 9.35. The molecule has 5 N–H and O–H groups in total. The first-order valence-corrected chi connectivity index (χ1v) is 14.8. The Balaban J connectivity index is 1.06. The number of quaternary nitrogens is 2. The molecule has 0 aromatic heterocycles. The number of carbonyl (C=O) groups is 1. The normalized spacial score (nSPS) is 39.6. The number of hydroxylamine groups is 1. The highest BCUT2D eigenvalue weighted by molar-refractivity contribution is 5.76. The van der Waals surface area contributed by atoms with Crippen LogP contribution in [0.5, 0.6) is 0 Å². The number of piperidine rings is 2. The van der Waals surface area contributed by atoms with E-state index in [1.54, 1.807) is 0 Å². The summed E-state index contributed by atoms with van der Waals surface area (Å²) in [6, 6.07) is 0.435. The maximum Gasteiger partial charge on any atom is 0.222 e. The van der Waals surface area contributed by atoms with Crippen molar-refractivity contribution in [3.05, 3.63) is 0 Å². The van der Waals surface area contributed by atoms with Crippen molar-refractivity contribution in [3.8, 4) is 0 Å². The number of carbonyl (C=O) groups excluding carboxylic acids is 1. The number of amides is 1. The third-order valence-electron chi connectivity index (χ3n) is 9.91. The van der Waals surface area contributed by atoms with Crippen molar-refractivity contribution >= 4 is 5.91 Å². The molecular formula is C27H51N5O3+2. The molecule has 5 aliphatic rings. The van der Waals surface area contributed by atoms with E-state index in [4.69, 9.17) is 9.57 Å². The number of hydrogen-bond donors (Lipinski definition) is 3. The van der Waals surface area contributed by atoms with Crippen LogP contribution >= 0.6 is 0 Å². The molecule has 1 aliphatic carbocycles. The van der Waals surface area contributed by atoms with Crippen LogP contribution < -0.4 is 16.1 Å². The summed E-state index contributed by atoms with van der Waals surface area (Å²) in [6.07, 6.45) is 14.4. The number of nitrogens with two attached hydrogens (primary N) is 2. The molecule has 5 unspecified atom stereocenters. The van der Waals surface area contributed by atoms with Crippen LogP contribution in [0, 0.1) is 17.8 Å². The van der Waals surface area contributed by atoms with E-state index >= 15 is 0 Å². The van der Waals surface area contributed by atoms with Crippen molar-refractivity contribution in [2.24, 2.45) is 17.8 Å². The molecule has 200 valence electrons. The summed E-state index contributed by atoms with van der Waals surface area (Å²) in [6.45, 7) is 7.51. The zero-order valence-corrected chi connectivity index (χ0v) is 22.0. The van der Waals surface area contributed by atoms with E-state index in [2.05, 4.69) is 25.9 Å². The Hall–Kier alpha value is -0.770. The first kappa shape index (κ1) is 25.9. The molecule has 0 aromatic carbocycles. The third kappa shape index (κ3) is 6.76. The van der Waals surface area contributed by atoms with Gasteiger partial charge in [-0.2, -0.15) is 5.48 Å². The van der Waals surface area contributed by atoms with Crippen LogP contribution in [-0.2, 0) is 14.4 Å². The number of ether oxygens (including phenoxy) is 1. The summed E-state index contributed by atoms with van der Waals surface area (Å²) in [4.78, 5) is 24.2. The van der Waals surface area contributed by atoms with Gasteiger partial charge < -0.3 is 20.3 Å². The number of nitrogens with zero attached hydrogens (tertiary/aromatic N) is 2. The molecule has 0 aromatic rings. The van der Waals surface area contributed by atoms with Crippen molar-refractivity contribution in [2.75, 3.05) is 52.9 Å². The Morgan fingerprint density at radius 1 is 1.00 bits per heavy atom. The standard InChI is InChI=1S/C27H49N5O3/c1-34-24-7-5-20(6-8-24)25-18-23(30-35-25)16-22-19-28-11-9-21(22)17-27(33)32-14-12-31(13-15-32)26-4-2-3-10-29-26/h20-26,28-30H,2-19H2,1H3/p+2. The molecule has 8 heteroatoms. The lowest BCUT2D eigenvalue weighted by atomic mass is 9.78. The van der Waals surface area contributed by atoms with Gasteiger partial charge in [0.15, 0.2) is 0 Å². The van der Waals surface area contributed by atoms with E-state index in [1.165, 1.54) is 64.5 Å². The molecular weight excluding hydrogens is 442 g/mol. The van der Waals surface area contributed by atoms with Crippen LogP contribution in [0.4, 0.5) is 0 Å². The van der Waals surface area contributed by atoms with Gasteiger partial charge in [0.25, 0.3) is 0 Å². The minimum atomic E-state index is 0.350. The molecule has 4 aliphatic heterocycles. The van der Waals surface area contributed by atoms with Gasteiger partial charge in [-0.1, -0.05) is 0 Å². The minimum absolute atomic E-state index is 0.350. The molecule has 1 amide bonds. The quantitative estimate of drug-likeness (QED) is 0.467. The highest BCUT2D eigenvalue weighted by Crippen LogP contribution is 2.35. The van der Waals surface area contributed by atoms with E-state index in [0.717, 1.165) is 52.0 Å². The largest absolute Gasteiger partial charge is 0.381 e. The second kappa shape index (κ2) is 12.7. The van der Waals surface area contributed by atoms with Crippen LogP contribution in [0.1, 0.15) is 70.6 Å². The Morgan fingerprint density at radius 2 is 1.83 bits per heavy atom. The van der Waals surface area contributed by atoms with Gasteiger partial charge in [-0.15, -0.1) is 0 Å². The molecule has 0 bridgehead atoms. The fourth-order valence-corrected chi connectivity index (χ4v) is 7.62. The van der Waals surface area contributed by atoms with Crippen molar-refractivity contribution < 1.29 is 25.0 Å². The number of methoxy groups -OCH3 is 1. The average Bonchev–Trinajstić information content (AvgIpc) is 3.39. The summed E-state index contributed by atoms with van der Waals surface area (Å²) in [5.74, 6) is 2.20. The topological polar surface area (TPSA) is 87.3 Å². The third-order valence-corrected chi connectivity index (χ3v) is 9.91. The molecule has 5 atom stereocenters. The molecule has 8 nitrogen and oxygen atoms in total. The number of rotatable bonds is 7. The van der Waals surface area contributed by atoms with E-state index in [-0.39, 0.29) is 0 Å². The maximum atomic E-state index is 13.3. The fraction of sp³-hybridized carbons (Fsp3) is 0.963. The van der Waals surface area contributed by atoms with Gasteiger partial charge >= 0.3 is 0 Å². The second-order valence-electron chi connectivity index (χ2n) is 12.0. The number of piperazine rings is 1. The SMILES string of the molecule is COC1CCC(C2CC(CC3C[NH2+]CCC3CC(=O)N3CCN(C4CCCC[NH2+]4)CC3)NO2)CC1. The van der Waals surface area contributed by atoms with Crippen molar-refractivity contribution in [1.29, 1.82) is 0 Å². The molecule has 0 spiro atoms. The van der Waals surface area contributed by atoms with Gasteiger partial charge in [0.2, 0.25) is 5.91 Å². The molecule has 5 rings (SSSR count). The van der Waals surface area contributed by atoms with Crippen molar-refractivity contribution in [1.82, 2.24) is 15.3 Å². The van der Waals surface area contributed by atoms with Crippen LogP contribution in [0.15, 0.2) is 0 Å². The number of nitrogens with one attached hydrogen (secondary N) is 1. The lowest BCUT2D eigenvalue weighted by Gasteiger charge is -2.40. The highest BCUT2D eigenvalue weighted by Gasteiger charge is 2.39. The lowest BCUT2D eigenvalue weighted by molar-refractivity contribution is -0.717. The Labute approximate surface area is 212 Å². The van der Waals surface area contributed by atoms with Crippen molar-refractivity contribution in [2.45, 2.75) is 95.0 Å². The first-order chi connectivity index (χ1) is 17.2. The zero-order chi connectivity index (χ0) is 24.0. The lowest BCUT2D eigenvalue weighted by Crippen LogP contribution is -2.95. The average molecular weight is 494 g/mol. The van der Waals surface area contributed by atoms with Gasteiger partial charge in [0, 0.05) is 64.5 Å². The van der Waals surface area contributed by atoms with Gasteiger partial charge in [0.1, 0.15) is 6.17 Å². The predicted molar refractivity (Wildman–Crippen MR) is 134 cm³/mol. The minimum Gasteiger partial charge on any atom is -0.381 e. The summed E-state index contributed by atoms with van der Waals surface area (Å²) < 4.78 is 5.55. The van der Waals surface area contributed by atoms with E-state index in [9.17, 15) is 4.79 Å². The summed E-state index contributed by atoms with van der Waals surface area (Å²) in [7, 11) is 1.84.